The molecule has 0 saturated carbocycles. The third-order valence-corrected chi connectivity index (χ3v) is 5.89. The van der Waals surface area contributed by atoms with Gasteiger partial charge in [0.15, 0.2) is 11.5 Å². The molecule has 4 rings (SSSR count). The van der Waals surface area contributed by atoms with Crippen molar-refractivity contribution in [1.82, 2.24) is 10.3 Å². The quantitative estimate of drug-likeness (QED) is 0.378. The van der Waals surface area contributed by atoms with Crippen LogP contribution in [0.2, 0.25) is 0 Å². The number of hydrogen-bond acceptors (Lipinski definition) is 6. The average molecular weight is 438 g/mol. The number of methoxy groups -OCH3 is 3. The highest BCUT2D eigenvalue weighted by Gasteiger charge is 2.15. The molecular weight excluding hydrogens is 414 g/mol. The van der Waals surface area contributed by atoms with Crippen LogP contribution in [-0.4, -0.2) is 39.3 Å². The molecule has 0 fully saturated rings. The Balaban J connectivity index is 1.70. The molecule has 0 radical (unpaired) electrons. The lowest BCUT2D eigenvalue weighted by molar-refractivity contribution is 0.0967. The highest BCUT2D eigenvalue weighted by Crippen LogP contribution is 2.41. The molecule has 0 spiro atoms. The zero-order chi connectivity index (χ0) is 22.0. The van der Waals surface area contributed by atoms with Crippen LogP contribution < -0.4 is 24.8 Å². The summed E-state index contributed by atoms with van der Waals surface area (Å²) < 4.78 is 16.3. The van der Waals surface area contributed by atoms with Gasteiger partial charge in [-0.05, 0) is 23.1 Å². The van der Waals surface area contributed by atoms with E-state index in [0.29, 0.717) is 22.1 Å². The molecule has 2 aromatic heterocycles. The van der Waals surface area contributed by atoms with E-state index in [1.165, 1.54) is 11.3 Å². The Hall–Kier alpha value is -3.65. The zero-order valence-electron chi connectivity index (χ0n) is 17.7. The average Bonchev–Trinajstić information content (AvgIpc) is 3.44. The van der Waals surface area contributed by atoms with E-state index in [1.54, 1.807) is 28.4 Å². The van der Waals surface area contributed by atoms with Gasteiger partial charge in [-0.15, -0.1) is 11.3 Å². The third-order valence-electron chi connectivity index (χ3n) is 4.96. The summed E-state index contributed by atoms with van der Waals surface area (Å²) in [5.74, 6) is 2.42. The lowest BCUT2D eigenvalue weighted by Gasteiger charge is -2.14. The number of hydrogen-bond donors (Lipinski definition) is 3. The van der Waals surface area contributed by atoms with Gasteiger partial charge in [-0.1, -0.05) is 18.2 Å². The van der Waals surface area contributed by atoms with Gasteiger partial charge in [0.1, 0.15) is 5.82 Å². The highest BCUT2D eigenvalue weighted by molar-refractivity contribution is 7.12. The van der Waals surface area contributed by atoms with Gasteiger partial charge < -0.3 is 29.8 Å². The van der Waals surface area contributed by atoms with Crippen molar-refractivity contribution in [2.45, 2.75) is 0 Å². The first kappa shape index (κ1) is 20.6. The van der Waals surface area contributed by atoms with Crippen molar-refractivity contribution in [3.05, 3.63) is 52.7 Å². The van der Waals surface area contributed by atoms with Crippen molar-refractivity contribution in [1.29, 1.82) is 0 Å². The third kappa shape index (κ3) is 3.89. The fraction of sp³-hybridized carbons (Fsp3) is 0.174. The normalized spacial score (nSPS) is 10.7. The first-order valence-electron chi connectivity index (χ1n) is 9.57. The van der Waals surface area contributed by atoms with Gasteiger partial charge in [0.05, 0.1) is 31.7 Å². The molecule has 2 aromatic carbocycles. The second kappa shape index (κ2) is 8.61. The summed E-state index contributed by atoms with van der Waals surface area (Å²) in [4.78, 5) is 16.1. The largest absolute Gasteiger partial charge is 0.493 e. The van der Waals surface area contributed by atoms with Crippen molar-refractivity contribution in [2.75, 3.05) is 33.7 Å². The van der Waals surface area contributed by atoms with Crippen LogP contribution in [0, 0.1) is 0 Å². The minimum absolute atomic E-state index is 0.0836. The number of carbonyl (C=O) groups excluding carboxylic acids is 1. The molecule has 4 aromatic rings. The maximum absolute atomic E-state index is 11.9. The van der Waals surface area contributed by atoms with Gasteiger partial charge in [-0.2, -0.15) is 0 Å². The lowest BCUT2D eigenvalue weighted by Crippen LogP contribution is -2.15. The molecule has 0 bridgehead atoms. The SMILES string of the molecule is CNC(=O)c1cc(-c2cccc3cc(Nc4cc(OC)c(OC)c(OC)c4)[nH]c23)cs1. The Bertz CT molecular complexity index is 1220. The highest BCUT2D eigenvalue weighted by atomic mass is 32.1. The zero-order valence-corrected chi connectivity index (χ0v) is 18.5. The summed E-state index contributed by atoms with van der Waals surface area (Å²) >= 11 is 1.43. The Kier molecular flexibility index (Phi) is 5.73. The summed E-state index contributed by atoms with van der Waals surface area (Å²) in [5.41, 5.74) is 3.80. The molecule has 0 atom stereocenters. The number of anilines is 2. The molecule has 0 aliphatic carbocycles. The van der Waals surface area contributed by atoms with E-state index in [-0.39, 0.29) is 5.91 Å². The molecule has 3 N–H and O–H groups in total. The summed E-state index contributed by atoms with van der Waals surface area (Å²) in [6.45, 7) is 0. The second-order valence-corrected chi connectivity index (χ2v) is 7.68. The van der Waals surface area contributed by atoms with Crippen LogP contribution in [0.1, 0.15) is 9.67 Å². The van der Waals surface area contributed by atoms with Crippen molar-refractivity contribution in [2.24, 2.45) is 0 Å². The van der Waals surface area contributed by atoms with E-state index in [1.807, 2.05) is 47.8 Å². The predicted molar refractivity (Wildman–Crippen MR) is 124 cm³/mol. The monoisotopic (exact) mass is 437 g/mol. The predicted octanol–water partition coefficient (Wildman–Crippen LogP) is 5.03. The number of amides is 1. The van der Waals surface area contributed by atoms with Crippen molar-refractivity contribution in [3.8, 4) is 28.4 Å². The maximum atomic E-state index is 11.9. The van der Waals surface area contributed by atoms with E-state index in [4.69, 9.17) is 14.2 Å². The molecule has 1 amide bonds. The van der Waals surface area contributed by atoms with E-state index < -0.39 is 0 Å². The van der Waals surface area contributed by atoms with Gasteiger partial charge >= 0.3 is 0 Å². The van der Waals surface area contributed by atoms with Crippen LogP contribution >= 0.6 is 11.3 Å². The van der Waals surface area contributed by atoms with Crippen LogP contribution in [0.4, 0.5) is 11.5 Å². The van der Waals surface area contributed by atoms with E-state index in [9.17, 15) is 4.79 Å². The van der Waals surface area contributed by atoms with Crippen molar-refractivity contribution >= 4 is 39.7 Å². The Morgan fingerprint density at radius 3 is 2.39 bits per heavy atom. The number of carbonyl (C=O) groups is 1. The molecule has 0 saturated heterocycles. The number of benzene rings is 2. The number of ether oxygens (including phenoxy) is 3. The molecule has 31 heavy (non-hydrogen) atoms. The number of para-hydroxylation sites is 1. The van der Waals surface area contributed by atoms with Gasteiger partial charge in [-0.25, -0.2) is 0 Å². The minimum Gasteiger partial charge on any atom is -0.493 e. The Morgan fingerprint density at radius 1 is 1.00 bits per heavy atom. The lowest BCUT2D eigenvalue weighted by atomic mass is 10.1. The number of aromatic amines is 1. The van der Waals surface area contributed by atoms with Crippen LogP contribution in [0.25, 0.3) is 22.0 Å². The number of aromatic nitrogens is 1. The van der Waals surface area contributed by atoms with Gasteiger partial charge in [-0.3, -0.25) is 4.79 Å². The van der Waals surface area contributed by atoms with E-state index in [0.717, 1.165) is 33.5 Å². The van der Waals surface area contributed by atoms with Crippen molar-refractivity contribution < 1.29 is 19.0 Å². The van der Waals surface area contributed by atoms with Crippen LogP contribution in [-0.2, 0) is 0 Å². The molecule has 0 aliphatic heterocycles. The van der Waals surface area contributed by atoms with Crippen LogP contribution in [0.15, 0.2) is 47.8 Å². The van der Waals surface area contributed by atoms with Gasteiger partial charge in [0.2, 0.25) is 5.75 Å². The first-order valence-corrected chi connectivity index (χ1v) is 10.5. The molecular formula is C23H23N3O4S. The first-order chi connectivity index (χ1) is 15.1. The minimum atomic E-state index is -0.0836. The number of thiophene rings is 1. The van der Waals surface area contributed by atoms with E-state index in [2.05, 4.69) is 15.6 Å². The fourth-order valence-corrected chi connectivity index (χ4v) is 4.35. The molecule has 2 heterocycles. The summed E-state index contributed by atoms with van der Waals surface area (Å²) in [7, 11) is 6.38. The van der Waals surface area contributed by atoms with Gasteiger partial charge in [0, 0.05) is 35.8 Å². The molecule has 160 valence electrons. The van der Waals surface area contributed by atoms with E-state index >= 15 is 0 Å². The number of nitrogens with one attached hydrogen (secondary N) is 3. The smallest absolute Gasteiger partial charge is 0.261 e. The fourth-order valence-electron chi connectivity index (χ4n) is 3.49. The summed E-state index contributed by atoms with van der Waals surface area (Å²) in [6.07, 6.45) is 0. The Labute approximate surface area is 184 Å². The topological polar surface area (TPSA) is 84.6 Å². The summed E-state index contributed by atoms with van der Waals surface area (Å²) in [6, 6.07) is 13.7. The number of H-pyrrole nitrogens is 1. The second-order valence-electron chi connectivity index (χ2n) is 6.77. The van der Waals surface area contributed by atoms with Gasteiger partial charge in [0.25, 0.3) is 5.91 Å². The standard InChI is InChI=1S/C23H23N3O4S/c1-24-23(27)19-8-14(12-31-19)16-7-5-6-13-9-20(26-21(13)16)25-15-10-17(28-2)22(30-4)18(11-15)29-3/h5-12,25-26H,1-4H3,(H,24,27). The van der Waals surface area contributed by atoms with Crippen LogP contribution in [0.5, 0.6) is 17.2 Å². The summed E-state index contributed by atoms with van der Waals surface area (Å²) in [5, 5.41) is 9.09. The molecule has 8 heteroatoms. The number of fused-ring (bicyclic) bond motifs is 1. The molecule has 7 nitrogen and oxygen atoms in total. The molecule has 0 unspecified atom stereocenters. The Morgan fingerprint density at radius 2 is 1.74 bits per heavy atom. The number of rotatable bonds is 7. The maximum Gasteiger partial charge on any atom is 0.261 e. The van der Waals surface area contributed by atoms with Crippen molar-refractivity contribution in [3.63, 3.8) is 0 Å². The van der Waals surface area contributed by atoms with Crippen LogP contribution in [0.3, 0.4) is 0 Å². The molecule has 0 aliphatic rings.